The molecule has 4 rings (SSSR count). The number of piperidine rings is 1. The smallest absolute Gasteiger partial charge is 0.253 e. The monoisotopic (exact) mass is 394 g/mol. The van der Waals surface area contributed by atoms with Crippen LogP contribution in [0.25, 0.3) is 11.0 Å². The molecule has 0 aliphatic carbocycles. The number of nitrogens with one attached hydrogen (secondary N) is 1. The number of imidazole rings is 1. The van der Waals surface area contributed by atoms with Crippen molar-refractivity contribution in [1.82, 2.24) is 14.9 Å². The number of primary amides is 1. The third-order valence-electron chi connectivity index (χ3n) is 5.13. The molecule has 0 unspecified atom stereocenters. The van der Waals surface area contributed by atoms with Crippen molar-refractivity contribution in [1.29, 1.82) is 0 Å². The van der Waals surface area contributed by atoms with Crippen molar-refractivity contribution in [3.63, 3.8) is 0 Å². The number of benzene rings is 2. The molecule has 3 aromatic rings. The molecule has 0 bridgehead atoms. The minimum absolute atomic E-state index is 0.0133. The Balaban J connectivity index is 1.34. The van der Waals surface area contributed by atoms with Gasteiger partial charge in [-0.1, -0.05) is 36.0 Å². The van der Waals surface area contributed by atoms with Crippen molar-refractivity contribution in [3.8, 4) is 0 Å². The number of aromatic amines is 1. The SMILES string of the molecule is NC(=O)C1CCN(C(=O)c2ccc(CSc3nc4ccccc4[nH]3)cc2)CC1. The molecule has 1 aliphatic heterocycles. The van der Waals surface area contributed by atoms with Crippen LogP contribution in [-0.2, 0) is 10.5 Å². The molecular weight excluding hydrogens is 372 g/mol. The number of nitrogens with zero attached hydrogens (tertiary/aromatic N) is 2. The number of hydrogen-bond acceptors (Lipinski definition) is 4. The van der Waals surface area contributed by atoms with Crippen LogP contribution in [0.1, 0.15) is 28.8 Å². The Bertz CT molecular complexity index is 958. The molecule has 6 nitrogen and oxygen atoms in total. The molecule has 7 heteroatoms. The average molecular weight is 395 g/mol. The van der Waals surface area contributed by atoms with Gasteiger partial charge in [0.25, 0.3) is 5.91 Å². The predicted octanol–water partition coefficient (Wildman–Crippen LogP) is 3.19. The van der Waals surface area contributed by atoms with Crippen LogP contribution < -0.4 is 5.73 Å². The summed E-state index contributed by atoms with van der Waals surface area (Å²) in [6, 6.07) is 15.7. The van der Waals surface area contributed by atoms with Crippen molar-refractivity contribution in [2.75, 3.05) is 13.1 Å². The van der Waals surface area contributed by atoms with E-state index in [0.29, 0.717) is 31.5 Å². The fourth-order valence-corrected chi connectivity index (χ4v) is 4.28. The van der Waals surface area contributed by atoms with E-state index < -0.39 is 0 Å². The molecule has 144 valence electrons. The van der Waals surface area contributed by atoms with Gasteiger partial charge in [-0.05, 0) is 42.7 Å². The lowest BCUT2D eigenvalue weighted by Crippen LogP contribution is -2.41. The number of aromatic nitrogens is 2. The number of rotatable bonds is 5. The van der Waals surface area contributed by atoms with Gasteiger partial charge in [-0.25, -0.2) is 4.98 Å². The molecule has 2 aromatic carbocycles. The van der Waals surface area contributed by atoms with Crippen molar-refractivity contribution < 1.29 is 9.59 Å². The Morgan fingerprint density at radius 2 is 1.82 bits per heavy atom. The first-order valence-corrected chi connectivity index (χ1v) is 10.3. The Morgan fingerprint density at radius 1 is 1.11 bits per heavy atom. The Kier molecular flexibility index (Phi) is 5.34. The molecule has 1 fully saturated rings. The second-order valence-corrected chi connectivity index (χ2v) is 7.98. The number of carbonyl (C=O) groups excluding carboxylic acids is 2. The first-order valence-electron chi connectivity index (χ1n) is 9.35. The first-order chi connectivity index (χ1) is 13.6. The van der Waals surface area contributed by atoms with Gasteiger partial charge in [0.15, 0.2) is 5.16 Å². The maximum absolute atomic E-state index is 12.7. The molecule has 2 heterocycles. The molecule has 28 heavy (non-hydrogen) atoms. The van der Waals surface area contributed by atoms with Gasteiger partial charge in [-0.15, -0.1) is 0 Å². The number of likely N-dealkylation sites (tertiary alicyclic amines) is 1. The van der Waals surface area contributed by atoms with Gasteiger partial charge in [0.2, 0.25) is 5.91 Å². The highest BCUT2D eigenvalue weighted by Crippen LogP contribution is 2.24. The summed E-state index contributed by atoms with van der Waals surface area (Å²) in [6.45, 7) is 1.16. The lowest BCUT2D eigenvalue weighted by molar-refractivity contribution is -0.123. The maximum Gasteiger partial charge on any atom is 0.253 e. The lowest BCUT2D eigenvalue weighted by atomic mass is 9.96. The number of H-pyrrole nitrogens is 1. The number of hydrogen-bond donors (Lipinski definition) is 2. The topological polar surface area (TPSA) is 92.1 Å². The summed E-state index contributed by atoms with van der Waals surface area (Å²) in [5, 5.41) is 0.888. The van der Waals surface area contributed by atoms with E-state index in [4.69, 9.17) is 5.73 Å². The maximum atomic E-state index is 12.7. The molecule has 1 aliphatic rings. The molecule has 1 aromatic heterocycles. The number of fused-ring (bicyclic) bond motifs is 1. The van der Waals surface area contributed by atoms with Crippen LogP contribution in [0.4, 0.5) is 0 Å². The fraction of sp³-hybridized carbons (Fsp3) is 0.286. The van der Waals surface area contributed by atoms with Gasteiger partial charge in [0.05, 0.1) is 11.0 Å². The number of thioether (sulfide) groups is 1. The van der Waals surface area contributed by atoms with Crippen LogP contribution in [0, 0.1) is 5.92 Å². The summed E-state index contributed by atoms with van der Waals surface area (Å²) >= 11 is 1.64. The van der Waals surface area contributed by atoms with Gasteiger partial charge in [0, 0.05) is 30.3 Å². The van der Waals surface area contributed by atoms with Crippen molar-refractivity contribution in [2.24, 2.45) is 11.7 Å². The normalized spacial score (nSPS) is 15.1. The third-order valence-corrected chi connectivity index (χ3v) is 6.07. The highest BCUT2D eigenvalue weighted by Gasteiger charge is 2.26. The number of carbonyl (C=O) groups is 2. The van der Waals surface area contributed by atoms with Crippen molar-refractivity contribution >= 4 is 34.6 Å². The standard InChI is InChI=1S/C21H22N4O2S/c22-19(26)15-9-11-25(12-10-15)20(27)16-7-5-14(6-8-16)13-28-21-23-17-3-1-2-4-18(17)24-21/h1-8,15H,9-13H2,(H2,22,26)(H,23,24). The molecule has 0 atom stereocenters. The van der Waals surface area contributed by atoms with Crippen LogP contribution in [0.2, 0.25) is 0 Å². The summed E-state index contributed by atoms with van der Waals surface area (Å²) in [5.74, 6) is 0.415. The van der Waals surface area contributed by atoms with Gasteiger partial charge in [-0.3, -0.25) is 9.59 Å². The van der Waals surface area contributed by atoms with E-state index in [1.165, 1.54) is 0 Å². The average Bonchev–Trinajstić information content (AvgIpc) is 3.15. The van der Waals surface area contributed by atoms with Crippen LogP contribution in [0.5, 0.6) is 0 Å². The van der Waals surface area contributed by atoms with E-state index in [2.05, 4.69) is 9.97 Å². The number of para-hydroxylation sites is 2. The van der Waals surface area contributed by atoms with Crippen LogP contribution in [0.3, 0.4) is 0 Å². The van der Waals surface area contributed by atoms with Gasteiger partial charge in [-0.2, -0.15) is 0 Å². The molecule has 3 N–H and O–H groups in total. The minimum Gasteiger partial charge on any atom is -0.369 e. The minimum atomic E-state index is -0.265. The van der Waals surface area contributed by atoms with Crippen molar-refractivity contribution in [3.05, 3.63) is 59.7 Å². The van der Waals surface area contributed by atoms with E-state index >= 15 is 0 Å². The van der Waals surface area contributed by atoms with E-state index in [1.54, 1.807) is 16.7 Å². The Hall–Kier alpha value is -2.80. The predicted molar refractivity (Wildman–Crippen MR) is 110 cm³/mol. The molecule has 1 saturated heterocycles. The first kappa shape index (κ1) is 18.6. The van der Waals surface area contributed by atoms with Crippen molar-refractivity contribution in [2.45, 2.75) is 23.8 Å². The highest BCUT2D eigenvalue weighted by molar-refractivity contribution is 7.98. The molecule has 0 radical (unpaired) electrons. The molecule has 2 amide bonds. The highest BCUT2D eigenvalue weighted by atomic mass is 32.2. The second kappa shape index (κ2) is 8.06. The molecule has 0 spiro atoms. The zero-order chi connectivity index (χ0) is 19.5. The van der Waals surface area contributed by atoms with E-state index in [-0.39, 0.29) is 17.7 Å². The zero-order valence-electron chi connectivity index (χ0n) is 15.4. The quantitative estimate of drug-likeness (QED) is 0.650. The summed E-state index contributed by atoms with van der Waals surface area (Å²) in [6.07, 6.45) is 1.29. The van der Waals surface area contributed by atoms with Gasteiger partial charge >= 0.3 is 0 Å². The summed E-state index contributed by atoms with van der Waals surface area (Å²) in [7, 11) is 0. The summed E-state index contributed by atoms with van der Waals surface area (Å²) in [5.41, 5.74) is 9.16. The van der Waals surface area contributed by atoms with Gasteiger partial charge in [0.1, 0.15) is 0 Å². The zero-order valence-corrected chi connectivity index (χ0v) is 16.2. The Morgan fingerprint density at radius 3 is 2.50 bits per heavy atom. The van der Waals surface area contributed by atoms with E-state index in [9.17, 15) is 9.59 Å². The van der Waals surface area contributed by atoms with E-state index in [0.717, 1.165) is 27.5 Å². The summed E-state index contributed by atoms with van der Waals surface area (Å²) in [4.78, 5) is 33.6. The van der Waals surface area contributed by atoms with E-state index in [1.807, 2.05) is 48.5 Å². The fourth-order valence-electron chi connectivity index (χ4n) is 3.44. The van der Waals surface area contributed by atoms with Crippen LogP contribution in [-0.4, -0.2) is 39.8 Å². The summed E-state index contributed by atoms with van der Waals surface area (Å²) < 4.78 is 0. The van der Waals surface area contributed by atoms with Crippen LogP contribution in [0.15, 0.2) is 53.7 Å². The second-order valence-electron chi connectivity index (χ2n) is 7.01. The Labute approximate surface area is 167 Å². The van der Waals surface area contributed by atoms with Gasteiger partial charge < -0.3 is 15.6 Å². The largest absolute Gasteiger partial charge is 0.369 e. The third kappa shape index (κ3) is 4.04. The number of nitrogens with two attached hydrogens (primary N) is 1. The molecule has 0 saturated carbocycles. The van der Waals surface area contributed by atoms with Crippen LogP contribution >= 0.6 is 11.8 Å². The number of amides is 2. The molecular formula is C21H22N4O2S. The lowest BCUT2D eigenvalue weighted by Gasteiger charge is -2.30.